The lowest BCUT2D eigenvalue weighted by Gasteiger charge is -2.05. The molecule has 0 unspecified atom stereocenters. The number of H-pyrrole nitrogens is 1. The maximum atomic E-state index is 12.2. The summed E-state index contributed by atoms with van der Waals surface area (Å²) < 4.78 is 1.50. The van der Waals surface area contributed by atoms with Gasteiger partial charge in [-0.1, -0.05) is 25.1 Å². The fraction of sp³-hybridized carbons (Fsp3) is 0.125. The van der Waals surface area contributed by atoms with Gasteiger partial charge < -0.3 is 10.1 Å². The highest BCUT2D eigenvalue weighted by Gasteiger charge is 2.15. The Morgan fingerprint density at radius 3 is 2.71 bits per heavy atom. The summed E-state index contributed by atoms with van der Waals surface area (Å²) in [5.41, 5.74) is 2.50. The topological polar surface area (TPSA) is 75.1 Å². The maximum Gasteiger partial charge on any atom is 0.337 e. The molecular weight excluding hydrogens is 268 g/mol. The molecule has 0 aliphatic rings. The number of benzene rings is 2. The standard InChI is InChI=1S/C16H14N2O3/c1-2-10-5-3-6-11(9-10)18-13-8-4-7-12(15(19)20)14(13)17-16(18)21/h3-9H,2H2,1H3,(H,17,21)(H,19,20). The van der Waals surface area contributed by atoms with Crippen LogP contribution in [0, 0.1) is 0 Å². The van der Waals surface area contributed by atoms with Crippen molar-refractivity contribution < 1.29 is 9.90 Å². The monoisotopic (exact) mass is 282 g/mol. The molecule has 0 spiro atoms. The number of fused-ring (bicyclic) bond motifs is 1. The van der Waals surface area contributed by atoms with E-state index in [-0.39, 0.29) is 11.3 Å². The molecule has 5 nitrogen and oxygen atoms in total. The van der Waals surface area contributed by atoms with Crippen LogP contribution >= 0.6 is 0 Å². The van der Waals surface area contributed by atoms with Crippen molar-refractivity contribution in [3.8, 4) is 5.69 Å². The molecule has 1 aromatic heterocycles. The number of imidazole rings is 1. The third-order valence-electron chi connectivity index (χ3n) is 3.53. The van der Waals surface area contributed by atoms with Crippen LogP contribution in [0.15, 0.2) is 47.3 Å². The number of aryl methyl sites for hydroxylation is 1. The van der Waals surface area contributed by atoms with Crippen LogP contribution in [-0.4, -0.2) is 20.6 Å². The zero-order valence-electron chi connectivity index (χ0n) is 11.5. The van der Waals surface area contributed by atoms with Gasteiger partial charge in [0.1, 0.15) is 0 Å². The summed E-state index contributed by atoms with van der Waals surface area (Å²) in [7, 11) is 0. The lowest BCUT2D eigenvalue weighted by Crippen LogP contribution is -2.14. The minimum atomic E-state index is -1.06. The minimum Gasteiger partial charge on any atom is -0.478 e. The second-order valence-electron chi connectivity index (χ2n) is 4.79. The molecule has 2 aromatic carbocycles. The van der Waals surface area contributed by atoms with Crippen molar-refractivity contribution in [2.75, 3.05) is 0 Å². The molecule has 1 heterocycles. The number of aromatic amines is 1. The van der Waals surface area contributed by atoms with Crippen molar-refractivity contribution in [3.63, 3.8) is 0 Å². The maximum absolute atomic E-state index is 12.2. The van der Waals surface area contributed by atoms with Gasteiger partial charge in [-0.3, -0.25) is 4.57 Å². The summed E-state index contributed by atoms with van der Waals surface area (Å²) in [5.74, 6) is -1.06. The lowest BCUT2D eigenvalue weighted by atomic mass is 10.1. The van der Waals surface area contributed by atoms with Crippen LogP contribution < -0.4 is 5.69 Å². The highest BCUT2D eigenvalue weighted by Crippen LogP contribution is 2.19. The number of carboxylic acids is 1. The van der Waals surface area contributed by atoms with E-state index in [1.165, 1.54) is 10.6 Å². The van der Waals surface area contributed by atoms with Crippen LogP contribution in [0.2, 0.25) is 0 Å². The smallest absolute Gasteiger partial charge is 0.337 e. The molecule has 0 bridgehead atoms. The average Bonchev–Trinajstić information content (AvgIpc) is 2.82. The molecule has 3 rings (SSSR count). The normalized spacial score (nSPS) is 10.9. The molecule has 106 valence electrons. The van der Waals surface area contributed by atoms with E-state index in [1.807, 2.05) is 31.2 Å². The zero-order chi connectivity index (χ0) is 15.0. The van der Waals surface area contributed by atoms with Crippen molar-refractivity contribution in [1.29, 1.82) is 0 Å². The Bertz CT molecular complexity index is 890. The molecule has 0 amide bonds. The van der Waals surface area contributed by atoms with Gasteiger partial charge in [-0.05, 0) is 36.2 Å². The predicted octanol–water partition coefficient (Wildman–Crippen LogP) is 2.58. The van der Waals surface area contributed by atoms with Crippen LogP contribution in [-0.2, 0) is 6.42 Å². The van der Waals surface area contributed by atoms with Crippen LogP contribution in [0.3, 0.4) is 0 Å². The summed E-state index contributed by atoms with van der Waals surface area (Å²) in [4.78, 5) is 26.1. The Labute approximate surface area is 120 Å². The van der Waals surface area contributed by atoms with Gasteiger partial charge in [0.15, 0.2) is 0 Å². The molecular formula is C16H14N2O3. The highest BCUT2D eigenvalue weighted by atomic mass is 16.4. The van der Waals surface area contributed by atoms with Gasteiger partial charge in [0.2, 0.25) is 0 Å². The fourth-order valence-electron chi connectivity index (χ4n) is 2.48. The van der Waals surface area contributed by atoms with Crippen molar-refractivity contribution in [1.82, 2.24) is 9.55 Å². The molecule has 0 fully saturated rings. The molecule has 0 radical (unpaired) electrons. The van der Waals surface area contributed by atoms with E-state index in [1.54, 1.807) is 12.1 Å². The van der Waals surface area contributed by atoms with Gasteiger partial charge in [-0.2, -0.15) is 0 Å². The van der Waals surface area contributed by atoms with Crippen LogP contribution in [0.1, 0.15) is 22.8 Å². The quantitative estimate of drug-likeness (QED) is 0.775. The Kier molecular flexibility index (Phi) is 3.10. The number of hydrogen-bond acceptors (Lipinski definition) is 2. The van der Waals surface area contributed by atoms with E-state index in [4.69, 9.17) is 0 Å². The van der Waals surface area contributed by atoms with E-state index in [0.717, 1.165) is 17.7 Å². The summed E-state index contributed by atoms with van der Waals surface area (Å²) in [6, 6.07) is 12.5. The Morgan fingerprint density at radius 1 is 1.24 bits per heavy atom. The summed E-state index contributed by atoms with van der Waals surface area (Å²) in [6.45, 7) is 2.04. The summed E-state index contributed by atoms with van der Waals surface area (Å²) in [5, 5.41) is 9.20. The van der Waals surface area contributed by atoms with E-state index in [2.05, 4.69) is 4.98 Å². The van der Waals surface area contributed by atoms with Crippen molar-refractivity contribution in [2.24, 2.45) is 0 Å². The van der Waals surface area contributed by atoms with Crippen molar-refractivity contribution >= 4 is 17.0 Å². The number of para-hydroxylation sites is 1. The van der Waals surface area contributed by atoms with Gasteiger partial charge >= 0.3 is 11.7 Å². The SMILES string of the molecule is CCc1cccc(-n2c(=O)[nH]c3c(C(=O)O)cccc32)c1. The Balaban J connectivity index is 2.33. The van der Waals surface area contributed by atoms with E-state index in [0.29, 0.717) is 11.0 Å². The number of nitrogens with zero attached hydrogens (tertiary/aromatic N) is 1. The second-order valence-corrected chi connectivity index (χ2v) is 4.79. The van der Waals surface area contributed by atoms with E-state index < -0.39 is 5.97 Å². The van der Waals surface area contributed by atoms with Gasteiger partial charge in [0, 0.05) is 0 Å². The second kappa shape index (κ2) is 4.94. The van der Waals surface area contributed by atoms with Gasteiger partial charge in [0.05, 0.1) is 22.3 Å². The fourth-order valence-corrected chi connectivity index (χ4v) is 2.48. The van der Waals surface area contributed by atoms with Crippen LogP contribution in [0.25, 0.3) is 16.7 Å². The number of carboxylic acid groups (broad SMARTS) is 1. The first-order chi connectivity index (χ1) is 10.1. The number of aromatic nitrogens is 2. The Hall–Kier alpha value is -2.82. The number of carbonyl (C=O) groups is 1. The van der Waals surface area contributed by atoms with E-state index in [9.17, 15) is 14.7 Å². The molecule has 2 N–H and O–H groups in total. The first kappa shape index (κ1) is 13.2. The largest absolute Gasteiger partial charge is 0.478 e. The third-order valence-corrected chi connectivity index (χ3v) is 3.53. The van der Waals surface area contributed by atoms with Crippen LogP contribution in [0.4, 0.5) is 0 Å². The minimum absolute atomic E-state index is 0.0926. The Morgan fingerprint density at radius 2 is 2.00 bits per heavy atom. The van der Waals surface area contributed by atoms with Gasteiger partial charge in [-0.15, -0.1) is 0 Å². The molecule has 0 aliphatic heterocycles. The summed E-state index contributed by atoms with van der Waals surface area (Å²) in [6.07, 6.45) is 0.866. The lowest BCUT2D eigenvalue weighted by molar-refractivity contribution is 0.0699. The number of nitrogens with one attached hydrogen (secondary N) is 1. The molecule has 5 heteroatoms. The molecule has 21 heavy (non-hydrogen) atoms. The zero-order valence-corrected chi connectivity index (χ0v) is 11.5. The van der Waals surface area contributed by atoms with Gasteiger partial charge in [-0.25, -0.2) is 9.59 Å². The molecule has 3 aromatic rings. The van der Waals surface area contributed by atoms with E-state index >= 15 is 0 Å². The number of rotatable bonds is 3. The highest BCUT2D eigenvalue weighted by molar-refractivity contribution is 6.01. The molecule has 0 saturated heterocycles. The summed E-state index contributed by atoms with van der Waals surface area (Å²) >= 11 is 0. The predicted molar refractivity (Wildman–Crippen MR) is 80.2 cm³/mol. The van der Waals surface area contributed by atoms with Crippen LogP contribution in [0.5, 0.6) is 0 Å². The molecule has 0 atom stereocenters. The molecule has 0 saturated carbocycles. The van der Waals surface area contributed by atoms with Gasteiger partial charge in [0.25, 0.3) is 0 Å². The van der Waals surface area contributed by atoms with Crippen molar-refractivity contribution in [3.05, 3.63) is 64.1 Å². The number of hydrogen-bond donors (Lipinski definition) is 2. The average molecular weight is 282 g/mol. The first-order valence-corrected chi connectivity index (χ1v) is 6.68. The number of aromatic carboxylic acids is 1. The first-order valence-electron chi connectivity index (χ1n) is 6.68. The third kappa shape index (κ3) is 2.12. The van der Waals surface area contributed by atoms with Crippen molar-refractivity contribution in [2.45, 2.75) is 13.3 Å². The molecule has 0 aliphatic carbocycles.